The van der Waals surface area contributed by atoms with E-state index in [9.17, 15) is 5.11 Å². The maximum atomic E-state index is 9.52. The SMILES string of the molecule is Cc1cc(-c2cnc(N3CCC[C@H](CO)C3)nc2-c2cccnc2C)on1. The second-order valence-corrected chi connectivity index (χ2v) is 7.04. The number of aliphatic hydroxyl groups is 1. The summed E-state index contributed by atoms with van der Waals surface area (Å²) < 4.78 is 5.48. The van der Waals surface area contributed by atoms with Crippen molar-refractivity contribution in [2.75, 3.05) is 24.6 Å². The van der Waals surface area contributed by atoms with Crippen LogP contribution in [0.2, 0.25) is 0 Å². The lowest BCUT2D eigenvalue weighted by Crippen LogP contribution is -2.37. The van der Waals surface area contributed by atoms with Crippen molar-refractivity contribution in [3.63, 3.8) is 0 Å². The molecule has 1 N–H and O–H groups in total. The molecule has 0 unspecified atom stereocenters. The highest BCUT2D eigenvalue weighted by Gasteiger charge is 2.23. The first-order chi connectivity index (χ1) is 13.2. The molecule has 1 aliphatic rings. The third kappa shape index (κ3) is 3.55. The monoisotopic (exact) mass is 365 g/mol. The predicted molar refractivity (Wildman–Crippen MR) is 102 cm³/mol. The maximum absolute atomic E-state index is 9.52. The molecule has 1 fully saturated rings. The van der Waals surface area contributed by atoms with Crippen molar-refractivity contribution < 1.29 is 9.63 Å². The van der Waals surface area contributed by atoms with Crippen LogP contribution in [0.5, 0.6) is 0 Å². The van der Waals surface area contributed by atoms with Gasteiger partial charge in [-0.25, -0.2) is 9.97 Å². The van der Waals surface area contributed by atoms with Gasteiger partial charge in [0.1, 0.15) is 0 Å². The molecule has 3 aromatic heterocycles. The van der Waals surface area contributed by atoms with Crippen molar-refractivity contribution >= 4 is 5.95 Å². The minimum atomic E-state index is 0.195. The van der Waals surface area contributed by atoms with Crippen molar-refractivity contribution in [3.05, 3.63) is 42.0 Å². The van der Waals surface area contributed by atoms with Gasteiger partial charge in [-0.05, 0) is 44.7 Å². The Bertz CT molecular complexity index is 940. The Hall–Kier alpha value is -2.80. The molecule has 0 aliphatic carbocycles. The number of rotatable bonds is 4. The molecule has 7 heteroatoms. The lowest BCUT2D eigenvalue weighted by molar-refractivity contribution is 0.208. The summed E-state index contributed by atoms with van der Waals surface area (Å²) in [6.07, 6.45) is 5.64. The molecule has 140 valence electrons. The molecule has 0 spiro atoms. The molecular weight excluding hydrogens is 342 g/mol. The molecule has 0 aromatic carbocycles. The van der Waals surface area contributed by atoms with Gasteiger partial charge in [0, 0.05) is 49.4 Å². The van der Waals surface area contributed by atoms with E-state index in [2.05, 4.69) is 20.0 Å². The van der Waals surface area contributed by atoms with Crippen LogP contribution in [0.1, 0.15) is 24.2 Å². The van der Waals surface area contributed by atoms with E-state index in [0.29, 0.717) is 11.7 Å². The maximum Gasteiger partial charge on any atom is 0.225 e. The van der Waals surface area contributed by atoms with Crippen LogP contribution in [0.25, 0.3) is 22.6 Å². The summed E-state index contributed by atoms with van der Waals surface area (Å²) in [7, 11) is 0. The first-order valence-corrected chi connectivity index (χ1v) is 9.24. The van der Waals surface area contributed by atoms with Crippen LogP contribution >= 0.6 is 0 Å². The Kier molecular flexibility index (Phi) is 4.85. The summed E-state index contributed by atoms with van der Waals surface area (Å²) in [5.41, 5.74) is 4.23. The molecule has 4 rings (SSSR count). The van der Waals surface area contributed by atoms with Gasteiger partial charge < -0.3 is 14.5 Å². The summed E-state index contributed by atoms with van der Waals surface area (Å²) in [4.78, 5) is 16.0. The lowest BCUT2D eigenvalue weighted by Gasteiger charge is -2.32. The van der Waals surface area contributed by atoms with E-state index in [-0.39, 0.29) is 12.5 Å². The molecule has 0 amide bonds. The number of piperidine rings is 1. The van der Waals surface area contributed by atoms with Crippen molar-refractivity contribution in [3.8, 4) is 22.6 Å². The molecule has 0 radical (unpaired) electrons. The van der Waals surface area contributed by atoms with E-state index < -0.39 is 0 Å². The smallest absolute Gasteiger partial charge is 0.225 e. The van der Waals surface area contributed by atoms with E-state index >= 15 is 0 Å². The highest BCUT2D eigenvalue weighted by atomic mass is 16.5. The summed E-state index contributed by atoms with van der Waals surface area (Å²) in [5, 5.41) is 13.5. The Morgan fingerprint density at radius 2 is 2.15 bits per heavy atom. The van der Waals surface area contributed by atoms with Crippen LogP contribution < -0.4 is 4.90 Å². The number of aryl methyl sites for hydroxylation is 2. The van der Waals surface area contributed by atoms with Crippen molar-refractivity contribution in [2.24, 2.45) is 5.92 Å². The summed E-state index contributed by atoms with van der Waals surface area (Å²) in [5.74, 6) is 1.58. The van der Waals surface area contributed by atoms with Crippen LogP contribution in [0.3, 0.4) is 0 Å². The highest BCUT2D eigenvalue weighted by Crippen LogP contribution is 2.33. The number of hydrogen-bond acceptors (Lipinski definition) is 7. The van der Waals surface area contributed by atoms with Gasteiger partial charge in [-0.3, -0.25) is 4.98 Å². The summed E-state index contributed by atoms with van der Waals surface area (Å²) in [6.45, 7) is 5.71. The molecule has 1 aliphatic heterocycles. The summed E-state index contributed by atoms with van der Waals surface area (Å²) >= 11 is 0. The molecular formula is C20H23N5O2. The van der Waals surface area contributed by atoms with E-state index in [0.717, 1.165) is 54.1 Å². The number of aromatic nitrogens is 4. The highest BCUT2D eigenvalue weighted by molar-refractivity contribution is 5.79. The molecule has 0 saturated carbocycles. The third-order valence-electron chi connectivity index (χ3n) is 4.99. The zero-order chi connectivity index (χ0) is 18.8. The number of nitrogens with zero attached hydrogens (tertiary/aromatic N) is 5. The topological polar surface area (TPSA) is 88.2 Å². The molecule has 1 atom stereocenters. The quantitative estimate of drug-likeness (QED) is 0.760. The van der Waals surface area contributed by atoms with Crippen LogP contribution in [0.4, 0.5) is 5.95 Å². The van der Waals surface area contributed by atoms with Crippen LogP contribution in [-0.4, -0.2) is 44.9 Å². The average molecular weight is 365 g/mol. The van der Waals surface area contributed by atoms with Crippen LogP contribution in [0.15, 0.2) is 35.1 Å². The van der Waals surface area contributed by atoms with E-state index in [1.807, 2.05) is 32.0 Å². The zero-order valence-electron chi connectivity index (χ0n) is 15.6. The number of aliphatic hydroxyl groups excluding tert-OH is 1. The molecule has 1 saturated heterocycles. The summed E-state index contributed by atoms with van der Waals surface area (Å²) in [6, 6.07) is 5.80. The zero-order valence-corrected chi connectivity index (χ0v) is 15.6. The third-order valence-corrected chi connectivity index (χ3v) is 4.99. The number of anilines is 1. The Morgan fingerprint density at radius 3 is 2.89 bits per heavy atom. The average Bonchev–Trinajstić information content (AvgIpc) is 3.14. The number of hydrogen-bond donors (Lipinski definition) is 1. The Morgan fingerprint density at radius 1 is 1.26 bits per heavy atom. The fraction of sp³-hybridized carbons (Fsp3) is 0.400. The first kappa shape index (κ1) is 17.6. The van der Waals surface area contributed by atoms with Gasteiger partial charge in [-0.1, -0.05) is 5.16 Å². The molecule has 7 nitrogen and oxygen atoms in total. The molecule has 27 heavy (non-hydrogen) atoms. The standard InChI is InChI=1S/C20H23N5O2/c1-13-9-18(27-24-13)17-10-22-20(25-8-4-5-15(11-25)12-26)23-19(17)16-6-3-7-21-14(16)2/h3,6-7,9-10,15,26H,4-5,8,11-12H2,1-2H3/t15-/m0/s1. The van der Waals surface area contributed by atoms with Gasteiger partial charge >= 0.3 is 0 Å². The minimum absolute atomic E-state index is 0.195. The van der Waals surface area contributed by atoms with Crippen LogP contribution in [-0.2, 0) is 0 Å². The predicted octanol–water partition coefficient (Wildman–Crippen LogP) is 3.02. The Balaban J connectivity index is 1.80. The van der Waals surface area contributed by atoms with Crippen molar-refractivity contribution in [1.29, 1.82) is 0 Å². The van der Waals surface area contributed by atoms with Gasteiger partial charge in [0.2, 0.25) is 5.95 Å². The minimum Gasteiger partial charge on any atom is -0.396 e. The van der Waals surface area contributed by atoms with Gasteiger partial charge in [-0.2, -0.15) is 0 Å². The van der Waals surface area contributed by atoms with Gasteiger partial charge in [-0.15, -0.1) is 0 Å². The van der Waals surface area contributed by atoms with Crippen molar-refractivity contribution in [2.45, 2.75) is 26.7 Å². The fourth-order valence-corrected chi connectivity index (χ4v) is 3.53. The van der Waals surface area contributed by atoms with Crippen molar-refractivity contribution in [1.82, 2.24) is 20.1 Å². The van der Waals surface area contributed by atoms with E-state index in [1.54, 1.807) is 12.4 Å². The molecule has 3 aromatic rings. The lowest BCUT2D eigenvalue weighted by atomic mass is 9.99. The number of pyridine rings is 1. The first-order valence-electron chi connectivity index (χ1n) is 9.24. The second-order valence-electron chi connectivity index (χ2n) is 7.04. The van der Waals surface area contributed by atoms with Gasteiger partial charge in [0.15, 0.2) is 5.76 Å². The van der Waals surface area contributed by atoms with E-state index in [1.165, 1.54) is 0 Å². The Labute approximate surface area is 158 Å². The van der Waals surface area contributed by atoms with E-state index in [4.69, 9.17) is 9.51 Å². The fourth-order valence-electron chi connectivity index (χ4n) is 3.53. The normalized spacial score (nSPS) is 17.3. The molecule has 4 heterocycles. The van der Waals surface area contributed by atoms with Crippen LogP contribution in [0, 0.1) is 19.8 Å². The largest absolute Gasteiger partial charge is 0.396 e. The second kappa shape index (κ2) is 7.44. The van der Waals surface area contributed by atoms with Gasteiger partial charge in [0.05, 0.1) is 17.0 Å². The van der Waals surface area contributed by atoms with Gasteiger partial charge in [0.25, 0.3) is 0 Å². The molecule has 0 bridgehead atoms.